The van der Waals surface area contributed by atoms with E-state index in [1.165, 1.54) is 18.4 Å². The summed E-state index contributed by atoms with van der Waals surface area (Å²) < 4.78 is 1.93. The molecule has 3 aromatic rings. The third-order valence-electron chi connectivity index (χ3n) is 4.41. The van der Waals surface area contributed by atoms with Crippen molar-refractivity contribution in [1.82, 2.24) is 19.9 Å². The molecular weight excluding hydrogens is 340 g/mol. The number of carboxylic acid groups (broad SMARTS) is 1. The molecule has 1 fully saturated rings. The molecule has 0 spiro atoms. The predicted octanol–water partition coefficient (Wildman–Crippen LogP) is 3.90. The zero-order chi connectivity index (χ0) is 17.4. The summed E-state index contributed by atoms with van der Waals surface area (Å²) >= 11 is 6.19. The second-order valence-corrected chi connectivity index (χ2v) is 6.64. The number of imidazole rings is 1. The second kappa shape index (κ2) is 6.37. The summed E-state index contributed by atoms with van der Waals surface area (Å²) in [4.78, 5) is 19.4. The molecule has 1 saturated carbocycles. The molecule has 0 atom stereocenters. The Morgan fingerprint density at radius 3 is 2.92 bits per heavy atom. The molecule has 7 heteroatoms. The Labute approximate surface area is 149 Å². The van der Waals surface area contributed by atoms with Gasteiger partial charge in [-0.25, -0.2) is 14.8 Å². The molecular formula is C18H17ClN4O2. The van der Waals surface area contributed by atoms with Gasteiger partial charge in [-0.05, 0) is 48.6 Å². The Bertz CT molecular complexity index is 949. The molecule has 1 aromatic carbocycles. The lowest BCUT2D eigenvalue weighted by atomic mass is 10.1. The number of hydrogen-bond donors (Lipinski definition) is 2. The van der Waals surface area contributed by atoms with E-state index < -0.39 is 6.09 Å². The van der Waals surface area contributed by atoms with Crippen molar-refractivity contribution in [3.8, 4) is 11.3 Å². The molecule has 0 aliphatic heterocycles. The van der Waals surface area contributed by atoms with Gasteiger partial charge in [0.05, 0.1) is 23.1 Å². The van der Waals surface area contributed by atoms with Crippen molar-refractivity contribution in [1.29, 1.82) is 0 Å². The second-order valence-electron chi connectivity index (χ2n) is 6.26. The van der Waals surface area contributed by atoms with Gasteiger partial charge in [0.25, 0.3) is 0 Å². The van der Waals surface area contributed by atoms with Crippen molar-refractivity contribution >= 4 is 28.7 Å². The lowest BCUT2D eigenvalue weighted by molar-refractivity contribution is 0.194. The van der Waals surface area contributed by atoms with E-state index >= 15 is 0 Å². The molecule has 2 aromatic heterocycles. The Balaban J connectivity index is 1.62. The molecule has 1 aliphatic rings. The maximum atomic E-state index is 10.5. The van der Waals surface area contributed by atoms with E-state index in [2.05, 4.69) is 21.4 Å². The van der Waals surface area contributed by atoms with Gasteiger partial charge in [0.2, 0.25) is 0 Å². The molecule has 1 aliphatic carbocycles. The number of nitrogens with one attached hydrogen (secondary N) is 1. The lowest BCUT2D eigenvalue weighted by Gasteiger charge is -2.07. The number of nitrogens with zero attached hydrogens (tertiary/aromatic N) is 3. The number of fused-ring (bicyclic) bond motifs is 1. The normalized spacial score (nSPS) is 14.0. The summed E-state index contributed by atoms with van der Waals surface area (Å²) in [6.45, 7) is 0.868. The largest absolute Gasteiger partial charge is 0.465 e. The zero-order valence-electron chi connectivity index (χ0n) is 13.4. The van der Waals surface area contributed by atoms with Gasteiger partial charge in [-0.3, -0.25) is 0 Å². The Hall–Kier alpha value is -2.60. The topological polar surface area (TPSA) is 80.0 Å². The molecule has 2 N–H and O–H groups in total. The molecule has 25 heavy (non-hydrogen) atoms. The van der Waals surface area contributed by atoms with Crippen molar-refractivity contribution in [3.05, 3.63) is 47.4 Å². The van der Waals surface area contributed by atoms with Crippen LogP contribution >= 0.6 is 11.6 Å². The SMILES string of the molecule is O=C(O)NCCn1cnc2cc(-c3cc(C4CC4)cc(Cl)n3)ccc21. The minimum absolute atomic E-state index is 0.336. The Morgan fingerprint density at radius 2 is 2.16 bits per heavy atom. The number of pyridine rings is 1. The quantitative estimate of drug-likeness (QED) is 0.679. The van der Waals surface area contributed by atoms with Gasteiger partial charge in [0.1, 0.15) is 5.15 Å². The summed E-state index contributed by atoms with van der Waals surface area (Å²) in [6.07, 6.45) is 3.13. The standard InChI is InChI=1S/C18H17ClN4O2/c19-17-9-13(11-1-2-11)8-14(22-17)12-3-4-16-15(7-12)21-10-23(16)6-5-20-18(24)25/h3-4,7-11,20H,1-2,5-6H2,(H,24,25). The van der Waals surface area contributed by atoms with Gasteiger partial charge >= 0.3 is 6.09 Å². The van der Waals surface area contributed by atoms with Crippen LogP contribution in [-0.4, -0.2) is 32.3 Å². The minimum atomic E-state index is -1.02. The van der Waals surface area contributed by atoms with Crippen LogP contribution in [0.25, 0.3) is 22.3 Å². The van der Waals surface area contributed by atoms with Gasteiger partial charge in [0.15, 0.2) is 0 Å². The van der Waals surface area contributed by atoms with Crippen LogP contribution in [0.15, 0.2) is 36.7 Å². The van der Waals surface area contributed by atoms with Crippen LogP contribution in [-0.2, 0) is 6.54 Å². The number of carbonyl (C=O) groups is 1. The minimum Gasteiger partial charge on any atom is -0.465 e. The number of rotatable bonds is 5. The molecule has 0 unspecified atom stereocenters. The van der Waals surface area contributed by atoms with Crippen LogP contribution in [0.1, 0.15) is 24.3 Å². The van der Waals surface area contributed by atoms with Gasteiger partial charge in [-0.1, -0.05) is 17.7 Å². The average Bonchev–Trinajstić information content (AvgIpc) is 3.36. The molecule has 4 rings (SSSR count). The molecule has 0 bridgehead atoms. The van der Waals surface area contributed by atoms with E-state index in [9.17, 15) is 4.79 Å². The fourth-order valence-electron chi connectivity index (χ4n) is 3.00. The van der Waals surface area contributed by atoms with E-state index in [0.29, 0.717) is 24.2 Å². The van der Waals surface area contributed by atoms with Crippen molar-refractivity contribution in [2.75, 3.05) is 6.54 Å². The zero-order valence-corrected chi connectivity index (χ0v) is 14.2. The van der Waals surface area contributed by atoms with Crippen LogP contribution in [0.3, 0.4) is 0 Å². The van der Waals surface area contributed by atoms with Gasteiger partial charge < -0.3 is 15.0 Å². The van der Waals surface area contributed by atoms with E-state index in [-0.39, 0.29) is 0 Å². The Kier molecular flexibility index (Phi) is 4.05. The van der Waals surface area contributed by atoms with Gasteiger partial charge in [-0.2, -0.15) is 0 Å². The van der Waals surface area contributed by atoms with Gasteiger partial charge in [-0.15, -0.1) is 0 Å². The van der Waals surface area contributed by atoms with Crippen LogP contribution < -0.4 is 5.32 Å². The first kappa shape index (κ1) is 15.9. The van der Waals surface area contributed by atoms with Crippen molar-refractivity contribution in [3.63, 3.8) is 0 Å². The summed E-state index contributed by atoms with van der Waals surface area (Å²) in [5.41, 5.74) is 4.90. The number of benzene rings is 1. The van der Waals surface area contributed by atoms with Crippen LogP contribution in [0, 0.1) is 0 Å². The molecule has 0 saturated heterocycles. The predicted molar refractivity (Wildman–Crippen MR) is 96.0 cm³/mol. The van der Waals surface area contributed by atoms with E-state index in [1.54, 1.807) is 6.33 Å². The van der Waals surface area contributed by atoms with E-state index in [1.807, 2.05) is 28.8 Å². The molecule has 128 valence electrons. The highest BCUT2D eigenvalue weighted by Gasteiger charge is 2.24. The highest BCUT2D eigenvalue weighted by atomic mass is 35.5. The highest BCUT2D eigenvalue weighted by molar-refractivity contribution is 6.29. The summed E-state index contributed by atoms with van der Waals surface area (Å²) in [7, 11) is 0. The van der Waals surface area contributed by atoms with E-state index in [4.69, 9.17) is 16.7 Å². The van der Waals surface area contributed by atoms with Crippen molar-refractivity contribution in [2.24, 2.45) is 0 Å². The third kappa shape index (κ3) is 3.44. The lowest BCUT2D eigenvalue weighted by Crippen LogP contribution is -2.24. The fourth-order valence-corrected chi connectivity index (χ4v) is 3.22. The molecule has 6 nitrogen and oxygen atoms in total. The first-order valence-electron chi connectivity index (χ1n) is 8.20. The molecule has 2 heterocycles. The number of halogens is 1. The average molecular weight is 357 g/mol. The van der Waals surface area contributed by atoms with Crippen LogP contribution in [0.5, 0.6) is 0 Å². The molecule has 1 amide bonds. The Morgan fingerprint density at radius 1 is 1.32 bits per heavy atom. The smallest absolute Gasteiger partial charge is 0.404 e. The van der Waals surface area contributed by atoms with Crippen LogP contribution in [0.2, 0.25) is 5.15 Å². The monoisotopic (exact) mass is 356 g/mol. The summed E-state index contributed by atoms with van der Waals surface area (Å²) in [5.74, 6) is 0.615. The third-order valence-corrected chi connectivity index (χ3v) is 4.60. The molecule has 0 radical (unpaired) electrons. The van der Waals surface area contributed by atoms with Crippen molar-refractivity contribution < 1.29 is 9.90 Å². The fraction of sp³-hybridized carbons (Fsp3) is 0.278. The first-order chi connectivity index (χ1) is 12.1. The maximum absolute atomic E-state index is 10.5. The summed E-state index contributed by atoms with van der Waals surface area (Å²) in [6, 6.07) is 10.0. The van der Waals surface area contributed by atoms with Crippen LogP contribution in [0.4, 0.5) is 4.79 Å². The van der Waals surface area contributed by atoms with Gasteiger partial charge in [0, 0.05) is 18.7 Å². The number of amides is 1. The number of hydrogen-bond acceptors (Lipinski definition) is 3. The summed E-state index contributed by atoms with van der Waals surface area (Å²) in [5, 5.41) is 11.5. The van der Waals surface area contributed by atoms with E-state index in [0.717, 1.165) is 22.3 Å². The number of aromatic nitrogens is 3. The highest BCUT2D eigenvalue weighted by Crippen LogP contribution is 2.41. The first-order valence-corrected chi connectivity index (χ1v) is 8.57. The van der Waals surface area contributed by atoms with Crippen molar-refractivity contribution in [2.45, 2.75) is 25.3 Å². The maximum Gasteiger partial charge on any atom is 0.404 e.